The maximum Gasteiger partial charge on any atom is 0.416 e. The zero-order valence-electron chi connectivity index (χ0n) is 22.6. The minimum absolute atomic E-state index is 0.0764. The van der Waals surface area contributed by atoms with Crippen molar-refractivity contribution in [1.29, 1.82) is 0 Å². The van der Waals surface area contributed by atoms with Crippen LogP contribution in [0.1, 0.15) is 21.9 Å². The zero-order valence-corrected chi connectivity index (χ0v) is 25.9. The number of ether oxygens (including phenoxy) is 1. The molecule has 0 radical (unpaired) electrons. The summed E-state index contributed by atoms with van der Waals surface area (Å²) >= 11 is 5.28. The van der Waals surface area contributed by atoms with Gasteiger partial charge in [0, 0.05) is 21.0 Å². The molecule has 3 amide bonds. The van der Waals surface area contributed by atoms with Crippen molar-refractivity contribution in [3.63, 3.8) is 0 Å². The van der Waals surface area contributed by atoms with Gasteiger partial charge in [-0.1, -0.05) is 57.2 Å². The summed E-state index contributed by atoms with van der Waals surface area (Å²) in [6, 6.07) is 18.0. The number of nitrogens with one attached hydrogen (secondary N) is 1. The number of thiazole rings is 1. The van der Waals surface area contributed by atoms with Gasteiger partial charge in [-0.3, -0.25) is 23.7 Å². The number of imide groups is 1. The molecule has 1 N–H and O–H groups in total. The molecule has 3 aromatic carbocycles. The number of nitrogens with zero attached hydrogens (tertiary/aromatic N) is 2. The zero-order chi connectivity index (χ0) is 31.3. The number of anilines is 2. The maximum absolute atomic E-state index is 14.0. The first-order valence-corrected chi connectivity index (χ1v) is 15.6. The van der Waals surface area contributed by atoms with E-state index >= 15 is 0 Å². The summed E-state index contributed by atoms with van der Waals surface area (Å²) in [6.07, 6.45) is -4.59. The summed E-state index contributed by atoms with van der Waals surface area (Å²) in [6.45, 7) is -0.501. The minimum atomic E-state index is -4.59. The molecular weight excluding hydrogens is 683 g/mol. The lowest BCUT2D eigenvalue weighted by molar-refractivity contribution is -0.137. The van der Waals surface area contributed by atoms with Crippen molar-refractivity contribution in [2.45, 2.75) is 28.9 Å². The van der Waals surface area contributed by atoms with E-state index in [1.807, 2.05) is 0 Å². The second-order valence-electron chi connectivity index (χ2n) is 10.1. The number of halogens is 4. The molecule has 44 heavy (non-hydrogen) atoms. The summed E-state index contributed by atoms with van der Waals surface area (Å²) in [5, 5.41) is 1.90. The highest BCUT2D eigenvalue weighted by Crippen LogP contribution is 2.54. The monoisotopic (exact) mass is 703 g/mol. The van der Waals surface area contributed by atoms with E-state index in [1.165, 1.54) is 23.8 Å². The number of alkyl halides is 3. The highest BCUT2D eigenvalue weighted by Gasteiger charge is 2.56. The molecular formula is C30H21BrF3N3O5S2. The van der Waals surface area contributed by atoms with Gasteiger partial charge in [-0.15, -0.1) is 0 Å². The fourth-order valence-electron chi connectivity index (χ4n) is 5.39. The third-order valence-corrected chi connectivity index (χ3v) is 10.5. The van der Waals surface area contributed by atoms with Gasteiger partial charge in [0.25, 0.3) is 0 Å². The van der Waals surface area contributed by atoms with E-state index in [9.17, 15) is 32.3 Å². The molecule has 0 bridgehead atoms. The Bertz CT molecular complexity index is 1840. The number of methoxy groups -OCH3 is 1. The van der Waals surface area contributed by atoms with E-state index in [4.69, 9.17) is 4.74 Å². The third-order valence-electron chi connectivity index (χ3n) is 7.38. The smallest absolute Gasteiger partial charge is 0.416 e. The Morgan fingerprint density at radius 2 is 1.70 bits per heavy atom. The van der Waals surface area contributed by atoms with Gasteiger partial charge in [0.15, 0.2) is 0 Å². The van der Waals surface area contributed by atoms with Crippen molar-refractivity contribution in [3.8, 4) is 5.75 Å². The van der Waals surface area contributed by atoms with E-state index in [1.54, 1.807) is 48.5 Å². The van der Waals surface area contributed by atoms with E-state index in [-0.39, 0.29) is 5.69 Å². The molecule has 4 aromatic rings. The minimum Gasteiger partial charge on any atom is -0.497 e. The number of thioether (sulfide) groups is 1. The Hall–Kier alpha value is -3.88. The average Bonchev–Trinajstić information content (AvgIpc) is 3.43. The van der Waals surface area contributed by atoms with E-state index in [0.29, 0.717) is 26.9 Å². The lowest BCUT2D eigenvalue weighted by Gasteiger charge is -2.30. The summed E-state index contributed by atoms with van der Waals surface area (Å²) in [4.78, 5) is 55.3. The van der Waals surface area contributed by atoms with Gasteiger partial charge >= 0.3 is 11.0 Å². The number of carbonyl (C=O) groups excluding carboxylic acids is 3. The van der Waals surface area contributed by atoms with Gasteiger partial charge in [0.1, 0.15) is 17.5 Å². The molecule has 2 aliphatic heterocycles. The standard InChI is InChI=1S/C30H21BrF3N3O5S2/c1-42-20-11-5-15(6-12-20)22-23-24(27(40)37(26(23)39)19-9-7-17(31)8-10-19)43-28-25(22)44-29(41)36(28)14-21(38)35-18-4-2-3-16(13-18)30(32,33)34/h2-13,22-24H,14H2,1H3,(H,35,38)/t22-,23?,24?/m0/s1. The van der Waals surface area contributed by atoms with Gasteiger partial charge in [-0.05, 0) is 60.2 Å². The molecule has 3 atom stereocenters. The van der Waals surface area contributed by atoms with Crippen LogP contribution in [0.4, 0.5) is 24.5 Å². The highest BCUT2D eigenvalue weighted by atomic mass is 79.9. The van der Waals surface area contributed by atoms with Crippen LogP contribution in [-0.2, 0) is 27.1 Å². The first-order chi connectivity index (χ1) is 21.0. The van der Waals surface area contributed by atoms with Gasteiger partial charge in [0.05, 0.1) is 29.3 Å². The number of fused-ring (bicyclic) bond motifs is 2. The second kappa shape index (κ2) is 11.6. The van der Waals surface area contributed by atoms with E-state index in [0.717, 1.165) is 44.6 Å². The Morgan fingerprint density at radius 1 is 1.00 bits per heavy atom. The largest absolute Gasteiger partial charge is 0.497 e. The Kier molecular flexibility index (Phi) is 7.92. The molecule has 1 saturated heterocycles. The van der Waals surface area contributed by atoms with Gasteiger partial charge in [-0.2, -0.15) is 13.2 Å². The van der Waals surface area contributed by atoms with Crippen LogP contribution in [0, 0.1) is 5.92 Å². The molecule has 2 unspecified atom stereocenters. The van der Waals surface area contributed by atoms with Crippen molar-refractivity contribution < 1.29 is 32.3 Å². The number of aromatic nitrogens is 1. The summed E-state index contributed by atoms with van der Waals surface area (Å²) in [7, 11) is 1.52. The van der Waals surface area contributed by atoms with Gasteiger partial charge < -0.3 is 10.1 Å². The molecule has 0 aliphatic carbocycles. The van der Waals surface area contributed by atoms with E-state index in [2.05, 4.69) is 21.2 Å². The van der Waals surface area contributed by atoms with Crippen LogP contribution in [-0.4, -0.2) is 34.6 Å². The van der Waals surface area contributed by atoms with Crippen LogP contribution < -0.4 is 19.8 Å². The van der Waals surface area contributed by atoms with Crippen LogP contribution in [0.5, 0.6) is 5.75 Å². The van der Waals surface area contributed by atoms with Gasteiger partial charge in [0.2, 0.25) is 17.7 Å². The highest BCUT2D eigenvalue weighted by molar-refractivity contribution is 9.10. The van der Waals surface area contributed by atoms with Crippen LogP contribution >= 0.6 is 39.0 Å². The Labute approximate surface area is 265 Å². The summed E-state index contributed by atoms with van der Waals surface area (Å²) in [5.74, 6) is -2.50. The lowest BCUT2D eigenvalue weighted by Crippen LogP contribution is -2.33. The Morgan fingerprint density at radius 3 is 2.36 bits per heavy atom. The van der Waals surface area contributed by atoms with Gasteiger partial charge in [-0.25, -0.2) is 4.90 Å². The van der Waals surface area contributed by atoms with Crippen LogP contribution in [0.3, 0.4) is 0 Å². The molecule has 6 rings (SSSR count). The van der Waals surface area contributed by atoms with Crippen LogP contribution in [0.25, 0.3) is 0 Å². The average molecular weight is 705 g/mol. The number of rotatable bonds is 6. The predicted molar refractivity (Wildman–Crippen MR) is 163 cm³/mol. The SMILES string of the molecule is COc1ccc([C@@H]2c3sc(=O)n(CC(=O)Nc4cccc(C(F)(F)F)c4)c3SC3C(=O)N(c4ccc(Br)cc4)C(=O)C32)cc1. The van der Waals surface area contributed by atoms with Crippen molar-refractivity contribution in [1.82, 2.24) is 4.57 Å². The molecule has 0 spiro atoms. The molecule has 8 nitrogen and oxygen atoms in total. The molecule has 226 valence electrons. The van der Waals surface area contributed by atoms with Crippen molar-refractivity contribution in [2.24, 2.45) is 5.92 Å². The first kappa shape index (κ1) is 30.2. The predicted octanol–water partition coefficient (Wildman–Crippen LogP) is 6.13. The van der Waals surface area contributed by atoms with E-state index < -0.39 is 58.0 Å². The van der Waals surface area contributed by atoms with Crippen molar-refractivity contribution >= 4 is 68.1 Å². The fourth-order valence-corrected chi connectivity index (χ4v) is 8.43. The van der Waals surface area contributed by atoms with Crippen molar-refractivity contribution in [2.75, 3.05) is 17.3 Å². The molecule has 2 aliphatic rings. The second-order valence-corrected chi connectivity index (χ2v) is 13.1. The molecule has 1 fully saturated rings. The maximum atomic E-state index is 14.0. The van der Waals surface area contributed by atoms with Crippen LogP contribution in [0.2, 0.25) is 0 Å². The fraction of sp³-hybridized carbons (Fsp3) is 0.200. The summed E-state index contributed by atoms with van der Waals surface area (Å²) < 4.78 is 46.8. The molecule has 1 aromatic heterocycles. The first-order valence-electron chi connectivity index (χ1n) is 13.1. The third kappa shape index (κ3) is 5.46. The lowest BCUT2D eigenvalue weighted by atomic mass is 9.83. The Balaban J connectivity index is 1.38. The number of hydrogen-bond donors (Lipinski definition) is 1. The molecule has 0 saturated carbocycles. The summed E-state index contributed by atoms with van der Waals surface area (Å²) in [5.41, 5.74) is 0.0902. The van der Waals surface area contributed by atoms with Crippen LogP contribution in [0.15, 0.2) is 87.1 Å². The van der Waals surface area contributed by atoms with Crippen molar-refractivity contribution in [3.05, 3.63) is 103 Å². The molecule has 14 heteroatoms. The number of benzene rings is 3. The number of hydrogen-bond acceptors (Lipinski definition) is 7. The topological polar surface area (TPSA) is 97.7 Å². The molecule has 3 heterocycles. The normalized spacial score (nSPS) is 19.5. The number of carbonyl (C=O) groups is 3. The number of amides is 3. The quantitative estimate of drug-likeness (QED) is 0.243.